The summed E-state index contributed by atoms with van der Waals surface area (Å²) in [5, 5.41) is 11.1. The van der Waals surface area contributed by atoms with Crippen LogP contribution in [0.1, 0.15) is 18.5 Å². The Morgan fingerprint density at radius 3 is 3.15 bits per heavy atom. The molecule has 1 fully saturated rings. The van der Waals surface area contributed by atoms with Gasteiger partial charge in [-0.2, -0.15) is 10.2 Å². The maximum Gasteiger partial charge on any atom is 0.244 e. The molecule has 2 aromatic rings. The van der Waals surface area contributed by atoms with Crippen LogP contribution in [0.4, 0.5) is 0 Å². The molecule has 0 aromatic carbocycles. The Bertz CT molecular complexity index is 534. The van der Waals surface area contributed by atoms with Gasteiger partial charge in [-0.25, -0.2) is 0 Å². The largest absolute Gasteiger partial charge is 0.341 e. The second kappa shape index (κ2) is 5.90. The second-order valence-corrected chi connectivity index (χ2v) is 5.34. The van der Waals surface area contributed by atoms with Gasteiger partial charge in [-0.15, -0.1) is 0 Å². The molecule has 3 rings (SSSR count). The van der Waals surface area contributed by atoms with E-state index in [1.54, 1.807) is 17.1 Å². The highest BCUT2D eigenvalue weighted by Crippen LogP contribution is 2.20. The summed E-state index contributed by atoms with van der Waals surface area (Å²) in [6.07, 6.45) is 8.51. The van der Waals surface area contributed by atoms with E-state index in [2.05, 4.69) is 15.3 Å². The van der Waals surface area contributed by atoms with Gasteiger partial charge in [0.2, 0.25) is 5.91 Å². The number of rotatable bonds is 4. The SMILES string of the molecule is O=C(Cn1cccn1)N1CCC[C@H](Cc2ccn[nH]2)C1. The van der Waals surface area contributed by atoms with Crippen molar-refractivity contribution in [2.75, 3.05) is 13.1 Å². The summed E-state index contributed by atoms with van der Waals surface area (Å²) < 4.78 is 1.68. The fourth-order valence-corrected chi connectivity index (χ4v) is 2.80. The molecular formula is C14H19N5O. The normalized spacial score (nSPS) is 19.2. The maximum absolute atomic E-state index is 12.3. The Hall–Kier alpha value is -2.11. The van der Waals surface area contributed by atoms with Crippen molar-refractivity contribution >= 4 is 5.91 Å². The minimum atomic E-state index is 0.156. The summed E-state index contributed by atoms with van der Waals surface area (Å²) in [6.45, 7) is 2.03. The van der Waals surface area contributed by atoms with Crippen LogP contribution < -0.4 is 0 Å². The van der Waals surface area contributed by atoms with E-state index in [0.29, 0.717) is 12.5 Å². The number of likely N-dealkylation sites (tertiary alicyclic amines) is 1. The molecule has 1 amide bonds. The van der Waals surface area contributed by atoms with Crippen molar-refractivity contribution in [1.29, 1.82) is 0 Å². The molecule has 0 bridgehead atoms. The third kappa shape index (κ3) is 3.07. The third-order valence-electron chi connectivity index (χ3n) is 3.80. The minimum Gasteiger partial charge on any atom is -0.341 e. The van der Waals surface area contributed by atoms with Gasteiger partial charge in [-0.05, 0) is 37.3 Å². The molecule has 6 heteroatoms. The van der Waals surface area contributed by atoms with Crippen molar-refractivity contribution in [1.82, 2.24) is 24.9 Å². The van der Waals surface area contributed by atoms with Crippen molar-refractivity contribution < 1.29 is 4.79 Å². The van der Waals surface area contributed by atoms with Crippen molar-refractivity contribution in [3.05, 3.63) is 36.4 Å². The highest BCUT2D eigenvalue weighted by Gasteiger charge is 2.24. The number of aromatic amines is 1. The van der Waals surface area contributed by atoms with Crippen LogP contribution in [0.3, 0.4) is 0 Å². The summed E-state index contributed by atoms with van der Waals surface area (Å²) >= 11 is 0. The van der Waals surface area contributed by atoms with Crippen LogP contribution >= 0.6 is 0 Å². The molecule has 2 aromatic heterocycles. The summed E-state index contributed by atoms with van der Waals surface area (Å²) in [7, 11) is 0. The van der Waals surface area contributed by atoms with Crippen LogP contribution in [0.5, 0.6) is 0 Å². The summed E-state index contributed by atoms with van der Waals surface area (Å²) in [5.74, 6) is 0.675. The molecule has 106 valence electrons. The fraction of sp³-hybridized carbons (Fsp3) is 0.500. The van der Waals surface area contributed by atoms with Crippen LogP contribution in [-0.2, 0) is 17.8 Å². The van der Waals surface area contributed by atoms with Crippen LogP contribution in [0.15, 0.2) is 30.7 Å². The van der Waals surface area contributed by atoms with Crippen LogP contribution in [0.2, 0.25) is 0 Å². The van der Waals surface area contributed by atoms with E-state index in [4.69, 9.17) is 0 Å². The lowest BCUT2D eigenvalue weighted by Crippen LogP contribution is -2.42. The van der Waals surface area contributed by atoms with E-state index >= 15 is 0 Å². The van der Waals surface area contributed by atoms with Gasteiger partial charge in [0, 0.05) is 37.4 Å². The molecule has 0 saturated carbocycles. The van der Waals surface area contributed by atoms with Crippen LogP contribution in [0.25, 0.3) is 0 Å². The van der Waals surface area contributed by atoms with Crippen molar-refractivity contribution in [3.63, 3.8) is 0 Å². The van der Waals surface area contributed by atoms with E-state index in [9.17, 15) is 4.79 Å². The lowest BCUT2D eigenvalue weighted by Gasteiger charge is -2.32. The molecule has 0 spiro atoms. The quantitative estimate of drug-likeness (QED) is 0.906. The molecule has 1 aliphatic heterocycles. The predicted molar refractivity (Wildman–Crippen MR) is 73.8 cm³/mol. The topological polar surface area (TPSA) is 66.8 Å². The van der Waals surface area contributed by atoms with E-state index < -0.39 is 0 Å². The number of hydrogen-bond donors (Lipinski definition) is 1. The average Bonchev–Trinajstić information content (AvgIpc) is 3.12. The minimum absolute atomic E-state index is 0.156. The van der Waals surface area contributed by atoms with Gasteiger partial charge >= 0.3 is 0 Å². The molecule has 3 heterocycles. The average molecular weight is 273 g/mol. The summed E-state index contributed by atoms with van der Waals surface area (Å²) in [5.41, 5.74) is 1.15. The number of H-pyrrole nitrogens is 1. The summed E-state index contributed by atoms with van der Waals surface area (Å²) in [4.78, 5) is 14.2. The Labute approximate surface area is 117 Å². The number of nitrogens with one attached hydrogen (secondary N) is 1. The Morgan fingerprint density at radius 1 is 1.45 bits per heavy atom. The third-order valence-corrected chi connectivity index (χ3v) is 3.80. The molecular weight excluding hydrogens is 254 g/mol. The number of nitrogens with zero attached hydrogens (tertiary/aromatic N) is 4. The lowest BCUT2D eigenvalue weighted by molar-refractivity contribution is -0.133. The van der Waals surface area contributed by atoms with Gasteiger partial charge in [-0.1, -0.05) is 0 Å². The molecule has 1 N–H and O–H groups in total. The van der Waals surface area contributed by atoms with Gasteiger partial charge < -0.3 is 4.90 Å². The standard InChI is InChI=1S/C14H19N5O/c20-14(11-19-8-2-5-16-19)18-7-1-3-12(10-18)9-13-4-6-15-17-13/h2,4-6,8,12H,1,3,7,9-11H2,(H,15,17)/t12-/m1/s1. The number of amides is 1. The molecule has 0 radical (unpaired) electrons. The van der Waals surface area contributed by atoms with Crippen molar-refractivity contribution in [3.8, 4) is 0 Å². The van der Waals surface area contributed by atoms with Crippen molar-refractivity contribution in [2.24, 2.45) is 5.92 Å². The van der Waals surface area contributed by atoms with Gasteiger partial charge in [0.15, 0.2) is 0 Å². The highest BCUT2D eigenvalue weighted by atomic mass is 16.2. The number of hydrogen-bond acceptors (Lipinski definition) is 3. The van der Waals surface area contributed by atoms with Gasteiger partial charge in [-0.3, -0.25) is 14.6 Å². The van der Waals surface area contributed by atoms with Gasteiger partial charge in [0.05, 0.1) is 0 Å². The van der Waals surface area contributed by atoms with Crippen LogP contribution in [0, 0.1) is 5.92 Å². The number of carbonyl (C=O) groups excluding carboxylic acids is 1. The molecule has 1 saturated heterocycles. The molecule has 6 nitrogen and oxygen atoms in total. The fourth-order valence-electron chi connectivity index (χ4n) is 2.80. The van der Waals surface area contributed by atoms with E-state index in [1.807, 2.05) is 23.2 Å². The number of piperidine rings is 1. The van der Waals surface area contributed by atoms with Gasteiger partial charge in [0.25, 0.3) is 0 Å². The zero-order valence-corrected chi connectivity index (χ0v) is 11.4. The molecule has 1 aliphatic rings. The summed E-state index contributed by atoms with van der Waals surface area (Å²) in [6, 6.07) is 3.84. The maximum atomic E-state index is 12.3. The van der Waals surface area contributed by atoms with E-state index in [-0.39, 0.29) is 5.91 Å². The molecule has 0 aliphatic carbocycles. The molecule has 1 atom stereocenters. The number of carbonyl (C=O) groups is 1. The smallest absolute Gasteiger partial charge is 0.244 e. The molecule has 0 unspecified atom stereocenters. The molecule has 20 heavy (non-hydrogen) atoms. The number of aromatic nitrogens is 4. The monoisotopic (exact) mass is 273 g/mol. The zero-order valence-electron chi connectivity index (χ0n) is 11.4. The highest BCUT2D eigenvalue weighted by molar-refractivity contribution is 5.76. The lowest BCUT2D eigenvalue weighted by atomic mass is 9.93. The van der Waals surface area contributed by atoms with Crippen molar-refractivity contribution in [2.45, 2.75) is 25.8 Å². The van der Waals surface area contributed by atoms with E-state index in [0.717, 1.165) is 31.6 Å². The first-order valence-corrected chi connectivity index (χ1v) is 7.05. The van der Waals surface area contributed by atoms with Gasteiger partial charge in [0.1, 0.15) is 6.54 Å². The Kier molecular flexibility index (Phi) is 3.80. The van der Waals surface area contributed by atoms with Crippen LogP contribution in [-0.4, -0.2) is 43.9 Å². The second-order valence-electron chi connectivity index (χ2n) is 5.34. The zero-order chi connectivity index (χ0) is 13.8. The first-order valence-electron chi connectivity index (χ1n) is 7.05. The Balaban J connectivity index is 1.56. The Morgan fingerprint density at radius 2 is 2.40 bits per heavy atom. The first kappa shape index (κ1) is 12.9. The predicted octanol–water partition coefficient (Wildman–Crippen LogP) is 1.09. The first-order chi connectivity index (χ1) is 9.81. The van der Waals surface area contributed by atoms with E-state index in [1.165, 1.54) is 6.42 Å².